The first-order valence-electron chi connectivity index (χ1n) is 11.4. The maximum absolute atomic E-state index is 9.96. The molecule has 5 rings (SSSR count). The smallest absolute Gasteiger partial charge is 0.162 e. The van der Waals surface area contributed by atoms with Crippen molar-refractivity contribution >= 4 is 27.4 Å². The third-order valence-electron chi connectivity index (χ3n) is 6.49. The number of phenolic OH excluding ortho intramolecular Hbond substituents is 1. The van der Waals surface area contributed by atoms with Gasteiger partial charge in [-0.15, -0.1) is 11.3 Å². The molecule has 1 aromatic carbocycles. The van der Waals surface area contributed by atoms with E-state index in [4.69, 9.17) is 14.7 Å². The molecule has 0 radical (unpaired) electrons. The van der Waals surface area contributed by atoms with Gasteiger partial charge in [-0.05, 0) is 45.1 Å². The average molecular weight is 454 g/mol. The molecule has 1 N–H and O–H groups in total. The summed E-state index contributed by atoms with van der Waals surface area (Å²) < 4.78 is 6.72. The van der Waals surface area contributed by atoms with Crippen LogP contribution in [-0.4, -0.2) is 84.4 Å². The van der Waals surface area contributed by atoms with Gasteiger partial charge < -0.3 is 19.6 Å². The Balaban J connectivity index is 1.46. The van der Waals surface area contributed by atoms with Gasteiger partial charge in [0.05, 0.1) is 23.4 Å². The number of morpholine rings is 1. The van der Waals surface area contributed by atoms with Crippen LogP contribution in [0.1, 0.15) is 17.7 Å². The van der Waals surface area contributed by atoms with Crippen LogP contribution in [-0.2, 0) is 11.3 Å². The normalized spacial score (nSPS) is 18.7. The Morgan fingerprint density at radius 2 is 1.88 bits per heavy atom. The molecule has 2 aliphatic heterocycles. The number of phenols is 1. The summed E-state index contributed by atoms with van der Waals surface area (Å²) >= 11 is 1.82. The number of hydrogen-bond acceptors (Lipinski definition) is 8. The highest BCUT2D eigenvalue weighted by Gasteiger charge is 2.23. The molecule has 32 heavy (non-hydrogen) atoms. The zero-order chi connectivity index (χ0) is 22.1. The fourth-order valence-electron chi connectivity index (χ4n) is 4.62. The third-order valence-corrected chi connectivity index (χ3v) is 7.59. The lowest BCUT2D eigenvalue weighted by molar-refractivity contribution is 0.122. The number of ether oxygens (including phenoxy) is 1. The van der Waals surface area contributed by atoms with Crippen molar-refractivity contribution in [2.24, 2.45) is 0 Å². The van der Waals surface area contributed by atoms with Gasteiger partial charge in [0.2, 0.25) is 0 Å². The van der Waals surface area contributed by atoms with Crippen molar-refractivity contribution in [3.05, 3.63) is 35.2 Å². The SMILES string of the molecule is CN(C)C1CCN(Cc2cc3nc(-c4cccc(O)c4)nc(N4CCOCC4)c3s2)CC1. The monoisotopic (exact) mass is 453 g/mol. The molecule has 170 valence electrons. The minimum Gasteiger partial charge on any atom is -0.508 e. The summed E-state index contributed by atoms with van der Waals surface area (Å²) in [6.07, 6.45) is 2.44. The summed E-state index contributed by atoms with van der Waals surface area (Å²) in [5, 5.41) is 9.96. The van der Waals surface area contributed by atoms with Crippen molar-refractivity contribution in [1.29, 1.82) is 0 Å². The lowest BCUT2D eigenvalue weighted by Gasteiger charge is -2.34. The number of aromatic nitrogens is 2. The largest absolute Gasteiger partial charge is 0.508 e. The molecule has 0 unspecified atom stereocenters. The molecule has 0 amide bonds. The zero-order valence-corrected chi connectivity index (χ0v) is 19.6. The maximum atomic E-state index is 9.96. The van der Waals surface area contributed by atoms with E-state index in [9.17, 15) is 5.11 Å². The van der Waals surface area contributed by atoms with Gasteiger partial charge in [0.1, 0.15) is 5.75 Å². The fraction of sp³-hybridized carbons (Fsp3) is 0.500. The summed E-state index contributed by atoms with van der Waals surface area (Å²) in [7, 11) is 4.37. The predicted molar refractivity (Wildman–Crippen MR) is 130 cm³/mol. The predicted octanol–water partition coefficient (Wildman–Crippen LogP) is 3.43. The van der Waals surface area contributed by atoms with Gasteiger partial charge in [-0.2, -0.15) is 0 Å². The van der Waals surface area contributed by atoms with E-state index in [1.54, 1.807) is 12.1 Å². The molecule has 2 fully saturated rings. The van der Waals surface area contributed by atoms with E-state index in [-0.39, 0.29) is 5.75 Å². The van der Waals surface area contributed by atoms with E-state index < -0.39 is 0 Å². The third kappa shape index (κ3) is 4.59. The first kappa shape index (κ1) is 21.6. The molecule has 0 spiro atoms. The molecule has 2 saturated heterocycles. The van der Waals surface area contributed by atoms with Crippen molar-refractivity contribution in [2.75, 3.05) is 58.4 Å². The second kappa shape index (κ2) is 9.31. The highest BCUT2D eigenvalue weighted by atomic mass is 32.1. The molecule has 7 nitrogen and oxygen atoms in total. The summed E-state index contributed by atoms with van der Waals surface area (Å²) in [5.74, 6) is 1.87. The van der Waals surface area contributed by atoms with E-state index in [1.165, 1.54) is 17.7 Å². The highest BCUT2D eigenvalue weighted by Crippen LogP contribution is 2.35. The Kier molecular flexibility index (Phi) is 6.28. The lowest BCUT2D eigenvalue weighted by atomic mass is 10.0. The van der Waals surface area contributed by atoms with E-state index in [0.717, 1.165) is 54.3 Å². The molecule has 0 bridgehead atoms. The van der Waals surface area contributed by atoms with Gasteiger partial charge in [0.25, 0.3) is 0 Å². The summed E-state index contributed by atoms with van der Waals surface area (Å²) in [4.78, 5) is 18.4. The molecule has 0 saturated carbocycles. The number of anilines is 1. The van der Waals surface area contributed by atoms with Gasteiger partial charge in [0.15, 0.2) is 11.6 Å². The van der Waals surface area contributed by atoms with Gasteiger partial charge in [-0.1, -0.05) is 12.1 Å². The minimum absolute atomic E-state index is 0.228. The van der Waals surface area contributed by atoms with Crippen molar-refractivity contribution in [3.8, 4) is 17.1 Å². The number of hydrogen-bond donors (Lipinski definition) is 1. The van der Waals surface area contributed by atoms with Crippen LogP contribution in [0.15, 0.2) is 30.3 Å². The Hall–Kier alpha value is -2.26. The van der Waals surface area contributed by atoms with E-state index in [1.807, 2.05) is 23.5 Å². The van der Waals surface area contributed by atoms with Crippen LogP contribution in [0.25, 0.3) is 21.6 Å². The molecular formula is C24H31N5O2S. The number of nitrogens with zero attached hydrogens (tertiary/aromatic N) is 5. The van der Waals surface area contributed by atoms with Crippen LogP contribution in [0.2, 0.25) is 0 Å². The zero-order valence-electron chi connectivity index (χ0n) is 18.8. The van der Waals surface area contributed by atoms with Crippen LogP contribution >= 0.6 is 11.3 Å². The summed E-state index contributed by atoms with van der Waals surface area (Å²) in [6, 6.07) is 10.1. The van der Waals surface area contributed by atoms with E-state index in [0.29, 0.717) is 25.1 Å². The Morgan fingerprint density at radius 3 is 2.59 bits per heavy atom. The summed E-state index contributed by atoms with van der Waals surface area (Å²) in [6.45, 7) is 6.32. The van der Waals surface area contributed by atoms with Crippen LogP contribution in [0, 0.1) is 0 Å². The van der Waals surface area contributed by atoms with Gasteiger partial charge in [-0.3, -0.25) is 4.90 Å². The standard InChI is InChI=1S/C24H31N5O2S/c1-27(2)18-6-8-28(9-7-18)16-20-15-21-22(32-20)24(29-10-12-31-13-11-29)26-23(25-21)17-4-3-5-19(30)14-17/h3-5,14-15,18,30H,6-13,16H2,1-2H3. The Labute approximate surface area is 193 Å². The van der Waals surface area contributed by atoms with Gasteiger partial charge in [-0.25, -0.2) is 9.97 Å². The van der Waals surface area contributed by atoms with Gasteiger partial charge in [0, 0.05) is 49.2 Å². The number of thiophene rings is 1. The first-order valence-corrected chi connectivity index (χ1v) is 12.2. The second-order valence-electron chi connectivity index (χ2n) is 8.92. The van der Waals surface area contributed by atoms with Crippen LogP contribution in [0.4, 0.5) is 5.82 Å². The van der Waals surface area contributed by atoms with Crippen molar-refractivity contribution in [1.82, 2.24) is 19.8 Å². The quantitative estimate of drug-likeness (QED) is 0.635. The number of fused-ring (bicyclic) bond motifs is 1. The number of aromatic hydroxyl groups is 1. The fourth-order valence-corrected chi connectivity index (χ4v) is 5.78. The molecule has 2 aromatic heterocycles. The Bertz CT molecular complexity index is 1070. The number of rotatable bonds is 5. The van der Waals surface area contributed by atoms with Crippen molar-refractivity contribution in [2.45, 2.75) is 25.4 Å². The molecule has 0 atom stereocenters. The number of benzene rings is 1. The Morgan fingerprint density at radius 1 is 1.09 bits per heavy atom. The van der Waals surface area contributed by atoms with E-state index >= 15 is 0 Å². The minimum atomic E-state index is 0.228. The first-order chi connectivity index (χ1) is 15.6. The highest BCUT2D eigenvalue weighted by molar-refractivity contribution is 7.19. The van der Waals surface area contributed by atoms with Crippen molar-refractivity contribution < 1.29 is 9.84 Å². The molecule has 3 aromatic rings. The molecule has 4 heterocycles. The van der Waals surface area contributed by atoms with Gasteiger partial charge >= 0.3 is 0 Å². The van der Waals surface area contributed by atoms with Crippen molar-refractivity contribution in [3.63, 3.8) is 0 Å². The molecule has 8 heteroatoms. The van der Waals surface area contributed by atoms with E-state index in [2.05, 4.69) is 34.9 Å². The topological polar surface area (TPSA) is 65.0 Å². The van der Waals surface area contributed by atoms with Crippen LogP contribution < -0.4 is 4.90 Å². The lowest BCUT2D eigenvalue weighted by Crippen LogP contribution is -2.41. The number of likely N-dealkylation sites (tertiary alicyclic amines) is 1. The molecule has 2 aliphatic rings. The molecule has 0 aliphatic carbocycles. The second-order valence-corrected chi connectivity index (χ2v) is 10.1. The molecular weight excluding hydrogens is 422 g/mol. The van der Waals surface area contributed by atoms with Crippen LogP contribution in [0.5, 0.6) is 5.75 Å². The van der Waals surface area contributed by atoms with Crippen LogP contribution in [0.3, 0.4) is 0 Å². The number of piperidine rings is 1. The summed E-state index contributed by atoms with van der Waals surface area (Å²) in [5.41, 5.74) is 1.82. The average Bonchev–Trinajstić information content (AvgIpc) is 3.21. The maximum Gasteiger partial charge on any atom is 0.162 e.